The predicted octanol–water partition coefficient (Wildman–Crippen LogP) is 4.36. The lowest BCUT2D eigenvalue weighted by Crippen LogP contribution is -2.51. The standard InChI is InChI=1S/C24H46NO5/c1-2-3-4-5-6-7-8-9-10-11-12-13-14-15-16-17-22(28)25-24-23(29)21(27)18-20(19-26)30-24/h20-21,23,26-27,29H,2-19H2,1H3,(H,25,28)/t20-,21-,23+/m0/s1. The van der Waals surface area contributed by atoms with Crippen LogP contribution in [0, 0.1) is 6.23 Å². The largest absolute Gasteiger partial charge is 0.394 e. The Morgan fingerprint density at radius 3 is 1.80 bits per heavy atom. The maximum absolute atomic E-state index is 12.0. The van der Waals surface area contributed by atoms with Crippen LogP contribution in [0.4, 0.5) is 0 Å². The summed E-state index contributed by atoms with van der Waals surface area (Å²) in [4.78, 5) is 12.0. The lowest BCUT2D eigenvalue weighted by Gasteiger charge is -2.35. The number of carbonyl (C=O) groups is 1. The molecule has 0 saturated carbocycles. The first-order chi connectivity index (χ1) is 14.6. The molecule has 4 N–H and O–H groups in total. The summed E-state index contributed by atoms with van der Waals surface area (Å²) in [5.41, 5.74) is 0. The van der Waals surface area contributed by atoms with Gasteiger partial charge in [0.05, 0.1) is 18.8 Å². The molecule has 0 spiro atoms. The third-order valence-electron chi connectivity index (χ3n) is 5.90. The second-order valence-corrected chi connectivity index (χ2v) is 8.78. The number of hydrogen-bond acceptors (Lipinski definition) is 5. The van der Waals surface area contributed by atoms with Crippen molar-refractivity contribution in [2.45, 2.75) is 134 Å². The molecule has 0 aromatic heterocycles. The SMILES string of the molecule is CCCCCCCCCCCCCCCCCC(=O)N[C]1O[C@H](CO)C[C@H](O)[C@H]1O. The number of nitrogens with one attached hydrogen (secondary N) is 1. The summed E-state index contributed by atoms with van der Waals surface area (Å²) in [7, 11) is 0. The zero-order chi connectivity index (χ0) is 22.0. The molecule has 30 heavy (non-hydrogen) atoms. The van der Waals surface area contributed by atoms with Crippen molar-refractivity contribution in [3.63, 3.8) is 0 Å². The lowest BCUT2D eigenvalue weighted by molar-refractivity contribution is -0.145. The van der Waals surface area contributed by atoms with Gasteiger partial charge in [0.2, 0.25) is 12.1 Å². The van der Waals surface area contributed by atoms with Crippen LogP contribution in [0.25, 0.3) is 0 Å². The number of rotatable bonds is 18. The highest BCUT2D eigenvalue weighted by atomic mass is 16.5. The molecule has 0 aliphatic carbocycles. The molecule has 1 amide bonds. The number of amides is 1. The molecule has 1 saturated heterocycles. The quantitative estimate of drug-likeness (QED) is 0.243. The van der Waals surface area contributed by atoms with Gasteiger partial charge in [-0.25, -0.2) is 0 Å². The van der Waals surface area contributed by atoms with E-state index in [-0.39, 0.29) is 25.2 Å². The van der Waals surface area contributed by atoms with Gasteiger partial charge in [-0.2, -0.15) is 0 Å². The summed E-state index contributed by atoms with van der Waals surface area (Å²) >= 11 is 0. The molecule has 6 nitrogen and oxygen atoms in total. The van der Waals surface area contributed by atoms with E-state index in [0.717, 1.165) is 19.3 Å². The van der Waals surface area contributed by atoms with Crippen molar-refractivity contribution in [1.82, 2.24) is 5.32 Å². The normalized spacial score (nSPS) is 22.3. The van der Waals surface area contributed by atoms with E-state index in [1.807, 2.05) is 0 Å². The van der Waals surface area contributed by atoms with Crippen molar-refractivity contribution in [3.05, 3.63) is 6.23 Å². The first-order valence-electron chi connectivity index (χ1n) is 12.4. The molecule has 3 atom stereocenters. The molecule has 177 valence electrons. The van der Waals surface area contributed by atoms with Gasteiger partial charge in [-0.3, -0.25) is 4.79 Å². The highest BCUT2D eigenvalue weighted by Crippen LogP contribution is 2.23. The van der Waals surface area contributed by atoms with E-state index in [1.54, 1.807) is 0 Å². The molecule has 1 aliphatic rings. The van der Waals surface area contributed by atoms with E-state index in [0.29, 0.717) is 6.42 Å². The number of unbranched alkanes of at least 4 members (excludes halogenated alkanes) is 14. The minimum absolute atomic E-state index is 0.0428. The number of carbonyl (C=O) groups excluding carboxylic acids is 1. The lowest BCUT2D eigenvalue weighted by atomic mass is 10.0. The van der Waals surface area contributed by atoms with Crippen LogP contribution in [0.5, 0.6) is 0 Å². The predicted molar refractivity (Wildman–Crippen MR) is 120 cm³/mol. The topological polar surface area (TPSA) is 99.0 Å². The van der Waals surface area contributed by atoms with Gasteiger partial charge in [-0.05, 0) is 6.42 Å². The van der Waals surface area contributed by atoms with E-state index in [9.17, 15) is 15.0 Å². The van der Waals surface area contributed by atoms with Crippen molar-refractivity contribution < 1.29 is 24.9 Å². The second-order valence-electron chi connectivity index (χ2n) is 8.78. The van der Waals surface area contributed by atoms with Crippen molar-refractivity contribution in [1.29, 1.82) is 0 Å². The molecule has 0 unspecified atom stereocenters. The summed E-state index contributed by atoms with van der Waals surface area (Å²) < 4.78 is 5.34. The van der Waals surface area contributed by atoms with Crippen molar-refractivity contribution in [2.75, 3.05) is 6.61 Å². The minimum Gasteiger partial charge on any atom is -0.394 e. The van der Waals surface area contributed by atoms with Crippen LogP contribution in [0.15, 0.2) is 0 Å². The Hall–Kier alpha value is -0.690. The summed E-state index contributed by atoms with van der Waals surface area (Å²) in [5.74, 6) is -0.218. The van der Waals surface area contributed by atoms with E-state index >= 15 is 0 Å². The maximum Gasteiger partial charge on any atom is 0.222 e. The van der Waals surface area contributed by atoms with E-state index in [1.165, 1.54) is 77.0 Å². The van der Waals surface area contributed by atoms with Crippen molar-refractivity contribution >= 4 is 5.91 Å². The van der Waals surface area contributed by atoms with Crippen molar-refractivity contribution in [2.24, 2.45) is 0 Å². The molecular weight excluding hydrogens is 382 g/mol. The summed E-state index contributed by atoms with van der Waals surface area (Å²) in [5, 5.41) is 31.4. The Labute approximate surface area is 183 Å². The maximum atomic E-state index is 12.0. The molecule has 1 radical (unpaired) electrons. The molecule has 0 aromatic rings. The fourth-order valence-corrected chi connectivity index (χ4v) is 3.94. The Morgan fingerprint density at radius 2 is 1.33 bits per heavy atom. The van der Waals surface area contributed by atoms with Gasteiger partial charge in [0.1, 0.15) is 6.10 Å². The number of hydrogen-bond donors (Lipinski definition) is 4. The monoisotopic (exact) mass is 428 g/mol. The minimum atomic E-state index is -1.24. The van der Waals surface area contributed by atoms with Crippen LogP contribution in [0.2, 0.25) is 0 Å². The number of ether oxygens (including phenoxy) is 1. The summed E-state index contributed by atoms with van der Waals surface area (Å²) in [6, 6.07) is 0. The van der Waals surface area contributed by atoms with Gasteiger partial charge in [0.25, 0.3) is 0 Å². The number of aliphatic hydroxyl groups excluding tert-OH is 3. The Balaban J connectivity index is 1.90. The molecular formula is C24H46NO5. The summed E-state index contributed by atoms with van der Waals surface area (Å²) in [6.45, 7) is 2.00. The first kappa shape index (κ1) is 27.3. The van der Waals surface area contributed by atoms with Crippen molar-refractivity contribution in [3.8, 4) is 0 Å². The van der Waals surface area contributed by atoms with Crippen LogP contribution in [0.1, 0.15) is 116 Å². The van der Waals surface area contributed by atoms with Crippen LogP contribution in [-0.4, -0.2) is 46.1 Å². The van der Waals surface area contributed by atoms with Gasteiger partial charge in [0, 0.05) is 12.8 Å². The first-order valence-corrected chi connectivity index (χ1v) is 12.4. The highest BCUT2D eigenvalue weighted by molar-refractivity contribution is 5.77. The third-order valence-corrected chi connectivity index (χ3v) is 5.90. The molecule has 1 rings (SSSR count). The average Bonchev–Trinajstić information content (AvgIpc) is 2.74. The van der Waals surface area contributed by atoms with Crippen LogP contribution >= 0.6 is 0 Å². The van der Waals surface area contributed by atoms with Crippen LogP contribution < -0.4 is 5.32 Å². The van der Waals surface area contributed by atoms with Gasteiger partial charge in [-0.1, -0.05) is 96.8 Å². The zero-order valence-corrected chi connectivity index (χ0v) is 19.1. The molecule has 0 bridgehead atoms. The molecule has 1 fully saturated rings. The van der Waals surface area contributed by atoms with E-state index in [4.69, 9.17) is 9.84 Å². The molecule has 1 heterocycles. The Morgan fingerprint density at radius 1 is 0.867 bits per heavy atom. The fourth-order valence-electron chi connectivity index (χ4n) is 3.94. The average molecular weight is 429 g/mol. The smallest absolute Gasteiger partial charge is 0.222 e. The number of aliphatic hydroxyl groups is 3. The third kappa shape index (κ3) is 12.9. The van der Waals surface area contributed by atoms with Gasteiger partial charge in [0.15, 0.2) is 0 Å². The highest BCUT2D eigenvalue weighted by Gasteiger charge is 2.38. The summed E-state index contributed by atoms with van der Waals surface area (Å²) in [6.07, 6.45) is 16.8. The molecule has 1 aliphatic heterocycles. The van der Waals surface area contributed by atoms with Gasteiger partial charge >= 0.3 is 0 Å². The van der Waals surface area contributed by atoms with Gasteiger partial charge < -0.3 is 25.4 Å². The van der Waals surface area contributed by atoms with Crippen LogP contribution in [-0.2, 0) is 9.53 Å². The molecule has 6 heteroatoms. The van der Waals surface area contributed by atoms with Crippen LogP contribution in [0.3, 0.4) is 0 Å². The second kappa shape index (κ2) is 17.9. The Kier molecular flexibility index (Phi) is 16.3. The molecule has 0 aromatic carbocycles. The van der Waals surface area contributed by atoms with E-state index < -0.39 is 18.3 Å². The van der Waals surface area contributed by atoms with E-state index in [2.05, 4.69) is 12.2 Å². The van der Waals surface area contributed by atoms with Gasteiger partial charge in [-0.15, -0.1) is 0 Å². The Bertz CT molecular complexity index is 420. The fraction of sp³-hybridized carbons (Fsp3) is 0.917. The zero-order valence-electron chi connectivity index (χ0n) is 19.1.